The molecule has 0 atom stereocenters. The Labute approximate surface area is 108 Å². The Kier molecular flexibility index (Phi) is 6.34. The summed E-state index contributed by atoms with van der Waals surface area (Å²) < 4.78 is 5.17. The molecule has 0 spiro atoms. The van der Waals surface area contributed by atoms with Crippen molar-refractivity contribution in [2.24, 2.45) is 5.73 Å². The highest BCUT2D eigenvalue weighted by Gasteiger charge is 2.05. The second kappa shape index (κ2) is 7.54. The van der Waals surface area contributed by atoms with E-state index < -0.39 is 0 Å². The molecule has 0 aliphatic carbocycles. The van der Waals surface area contributed by atoms with E-state index in [9.17, 15) is 0 Å². The predicted molar refractivity (Wildman–Crippen MR) is 72.7 cm³/mol. The van der Waals surface area contributed by atoms with Crippen LogP contribution in [0.5, 0.6) is 5.75 Å². The summed E-state index contributed by atoms with van der Waals surface area (Å²) in [6.45, 7) is 4.64. The Morgan fingerprint density at radius 1 is 1.35 bits per heavy atom. The Morgan fingerprint density at radius 3 is 2.76 bits per heavy atom. The second-order valence-electron chi connectivity index (χ2n) is 4.09. The molecule has 0 unspecified atom stereocenters. The lowest BCUT2D eigenvalue weighted by atomic mass is 10.1. The van der Waals surface area contributed by atoms with Crippen molar-refractivity contribution in [1.29, 1.82) is 0 Å². The molecule has 1 rings (SSSR count). The number of unbranched alkanes of at least 4 members (excludes halogenated alkanes) is 1. The van der Waals surface area contributed by atoms with Crippen molar-refractivity contribution in [2.75, 3.05) is 20.2 Å². The molecule has 0 fully saturated rings. The predicted octanol–water partition coefficient (Wildman–Crippen LogP) is 2.49. The number of methoxy groups -OCH3 is 1. The summed E-state index contributed by atoms with van der Waals surface area (Å²) in [5, 5.41) is 4.05. The van der Waals surface area contributed by atoms with Gasteiger partial charge in [-0.1, -0.05) is 11.6 Å². The number of rotatable bonds is 7. The molecular weight excluding hydrogens is 236 g/mol. The molecule has 4 heteroatoms. The zero-order valence-electron chi connectivity index (χ0n) is 10.6. The smallest absolute Gasteiger partial charge is 0.137 e. The topological polar surface area (TPSA) is 47.3 Å². The first kappa shape index (κ1) is 14.3. The minimum atomic E-state index is 0.664. The summed E-state index contributed by atoms with van der Waals surface area (Å²) in [5.41, 5.74) is 7.84. The minimum absolute atomic E-state index is 0.664. The van der Waals surface area contributed by atoms with Gasteiger partial charge in [-0.25, -0.2) is 0 Å². The van der Waals surface area contributed by atoms with Crippen molar-refractivity contribution >= 4 is 11.6 Å². The zero-order chi connectivity index (χ0) is 12.7. The SMILES string of the molecule is COc1cc(C)c(CNCCCCN)cc1Cl. The van der Waals surface area contributed by atoms with Gasteiger partial charge in [0.25, 0.3) is 0 Å². The lowest BCUT2D eigenvalue weighted by Crippen LogP contribution is -2.16. The Hall–Kier alpha value is -0.770. The van der Waals surface area contributed by atoms with Gasteiger partial charge < -0.3 is 15.8 Å². The first-order chi connectivity index (χ1) is 8.19. The molecule has 1 aromatic carbocycles. The van der Waals surface area contributed by atoms with Crippen LogP contribution in [0.2, 0.25) is 5.02 Å². The highest BCUT2D eigenvalue weighted by Crippen LogP contribution is 2.27. The quantitative estimate of drug-likeness (QED) is 0.737. The van der Waals surface area contributed by atoms with Crippen LogP contribution < -0.4 is 15.8 Å². The zero-order valence-corrected chi connectivity index (χ0v) is 11.3. The van der Waals surface area contributed by atoms with Gasteiger partial charge in [0.15, 0.2) is 0 Å². The molecule has 0 aliphatic rings. The average Bonchev–Trinajstić information content (AvgIpc) is 2.32. The molecule has 0 aliphatic heterocycles. The van der Waals surface area contributed by atoms with Gasteiger partial charge in [-0.05, 0) is 56.1 Å². The molecule has 0 radical (unpaired) electrons. The maximum absolute atomic E-state index is 6.09. The highest BCUT2D eigenvalue weighted by molar-refractivity contribution is 6.32. The summed E-state index contributed by atoms with van der Waals surface area (Å²) in [5.74, 6) is 0.732. The summed E-state index contributed by atoms with van der Waals surface area (Å²) in [4.78, 5) is 0. The van der Waals surface area contributed by atoms with Crippen LogP contribution in [0.25, 0.3) is 0 Å². The van der Waals surface area contributed by atoms with Crippen molar-refractivity contribution in [1.82, 2.24) is 5.32 Å². The lowest BCUT2D eigenvalue weighted by molar-refractivity contribution is 0.414. The van der Waals surface area contributed by atoms with Crippen LogP contribution in [-0.4, -0.2) is 20.2 Å². The second-order valence-corrected chi connectivity index (χ2v) is 4.49. The van der Waals surface area contributed by atoms with E-state index >= 15 is 0 Å². The number of nitrogens with two attached hydrogens (primary N) is 1. The number of hydrogen-bond donors (Lipinski definition) is 2. The van der Waals surface area contributed by atoms with Crippen molar-refractivity contribution in [3.63, 3.8) is 0 Å². The van der Waals surface area contributed by atoms with Crippen LogP contribution in [0.3, 0.4) is 0 Å². The van der Waals surface area contributed by atoms with E-state index in [0.29, 0.717) is 5.02 Å². The molecule has 0 heterocycles. The summed E-state index contributed by atoms with van der Waals surface area (Å²) >= 11 is 6.09. The molecule has 0 saturated heterocycles. The number of halogens is 1. The van der Waals surface area contributed by atoms with Crippen LogP contribution in [0.15, 0.2) is 12.1 Å². The van der Waals surface area contributed by atoms with E-state index in [2.05, 4.69) is 12.2 Å². The Morgan fingerprint density at radius 2 is 2.12 bits per heavy atom. The van der Waals surface area contributed by atoms with Gasteiger partial charge in [-0.15, -0.1) is 0 Å². The molecule has 3 N–H and O–H groups in total. The van der Waals surface area contributed by atoms with Crippen molar-refractivity contribution < 1.29 is 4.74 Å². The van der Waals surface area contributed by atoms with Gasteiger partial charge in [0.1, 0.15) is 5.75 Å². The number of benzene rings is 1. The van der Waals surface area contributed by atoms with Gasteiger partial charge in [-0.3, -0.25) is 0 Å². The number of ether oxygens (including phenoxy) is 1. The van der Waals surface area contributed by atoms with Gasteiger partial charge >= 0.3 is 0 Å². The molecule has 1 aromatic rings. The fraction of sp³-hybridized carbons (Fsp3) is 0.538. The average molecular weight is 257 g/mol. The highest BCUT2D eigenvalue weighted by atomic mass is 35.5. The van der Waals surface area contributed by atoms with E-state index in [1.54, 1.807) is 7.11 Å². The van der Waals surface area contributed by atoms with E-state index in [0.717, 1.165) is 38.2 Å². The van der Waals surface area contributed by atoms with Gasteiger partial charge in [-0.2, -0.15) is 0 Å². The first-order valence-corrected chi connectivity index (χ1v) is 6.30. The maximum Gasteiger partial charge on any atom is 0.137 e. The van der Waals surface area contributed by atoms with E-state index in [4.69, 9.17) is 22.1 Å². The van der Waals surface area contributed by atoms with Gasteiger partial charge in [0, 0.05) is 6.54 Å². The molecule has 0 saturated carbocycles. The molecular formula is C13H21ClN2O. The summed E-state index contributed by atoms with van der Waals surface area (Å²) in [7, 11) is 1.63. The van der Waals surface area contributed by atoms with Crippen LogP contribution in [0.1, 0.15) is 24.0 Å². The van der Waals surface area contributed by atoms with Crippen LogP contribution in [0.4, 0.5) is 0 Å². The molecule has 0 aromatic heterocycles. The molecule has 0 bridgehead atoms. The van der Waals surface area contributed by atoms with Gasteiger partial charge in [0.2, 0.25) is 0 Å². The summed E-state index contributed by atoms with van der Waals surface area (Å²) in [6.07, 6.45) is 2.18. The van der Waals surface area contributed by atoms with E-state index in [1.807, 2.05) is 12.1 Å². The normalized spacial score (nSPS) is 10.6. The fourth-order valence-electron chi connectivity index (χ4n) is 1.66. The van der Waals surface area contributed by atoms with Gasteiger partial charge in [0.05, 0.1) is 12.1 Å². The third-order valence-corrected chi connectivity index (χ3v) is 3.03. The third kappa shape index (κ3) is 4.54. The monoisotopic (exact) mass is 256 g/mol. The van der Waals surface area contributed by atoms with Crippen molar-refractivity contribution in [3.05, 3.63) is 28.3 Å². The van der Waals surface area contributed by atoms with Crippen LogP contribution in [-0.2, 0) is 6.54 Å². The van der Waals surface area contributed by atoms with Crippen LogP contribution in [0, 0.1) is 6.92 Å². The minimum Gasteiger partial charge on any atom is -0.495 e. The molecule has 0 amide bonds. The van der Waals surface area contributed by atoms with Crippen molar-refractivity contribution in [3.8, 4) is 5.75 Å². The van der Waals surface area contributed by atoms with E-state index in [-0.39, 0.29) is 0 Å². The largest absolute Gasteiger partial charge is 0.495 e. The fourth-order valence-corrected chi connectivity index (χ4v) is 1.92. The maximum atomic E-state index is 6.09. The van der Waals surface area contributed by atoms with Crippen LogP contribution >= 0.6 is 11.6 Å². The molecule has 96 valence electrons. The first-order valence-electron chi connectivity index (χ1n) is 5.92. The van der Waals surface area contributed by atoms with E-state index in [1.165, 1.54) is 11.1 Å². The number of nitrogens with one attached hydrogen (secondary N) is 1. The van der Waals surface area contributed by atoms with Crippen molar-refractivity contribution in [2.45, 2.75) is 26.3 Å². The number of hydrogen-bond acceptors (Lipinski definition) is 3. The Bertz CT molecular complexity index is 356. The summed E-state index contributed by atoms with van der Waals surface area (Å²) in [6, 6.07) is 3.94. The number of aryl methyl sites for hydroxylation is 1. The molecule has 17 heavy (non-hydrogen) atoms. The third-order valence-electron chi connectivity index (χ3n) is 2.73. The lowest BCUT2D eigenvalue weighted by Gasteiger charge is -2.11. The standard InChI is InChI=1S/C13H21ClN2O/c1-10-7-13(17-2)12(14)8-11(10)9-16-6-4-3-5-15/h7-8,16H,3-6,9,15H2,1-2H3. The molecule has 3 nitrogen and oxygen atoms in total. The Balaban J connectivity index is 2.51.